The molecule has 2 aromatic carbocycles. The molecule has 2 aromatic rings. The molecule has 18 heavy (non-hydrogen) atoms. The second-order valence-corrected chi connectivity index (χ2v) is 4.99. The van der Waals surface area contributed by atoms with Gasteiger partial charge in [0, 0.05) is 15.7 Å². The molecule has 0 unspecified atom stereocenters. The van der Waals surface area contributed by atoms with E-state index in [1.165, 1.54) is 6.07 Å². The van der Waals surface area contributed by atoms with Crippen LogP contribution in [-0.2, 0) is 6.61 Å². The Kier molecular flexibility index (Phi) is 4.09. The lowest BCUT2D eigenvalue weighted by Crippen LogP contribution is -2.03. The Bertz CT molecular complexity index is 557. The average molecular weight is 331 g/mol. The molecular formula is C13H10BrClFNO. The molecule has 0 saturated carbocycles. The first-order chi connectivity index (χ1) is 8.58. The molecule has 0 saturated heterocycles. The van der Waals surface area contributed by atoms with Gasteiger partial charge in [-0.05, 0) is 30.3 Å². The molecule has 2 rings (SSSR count). The molecule has 5 heteroatoms. The minimum absolute atomic E-state index is 0.0364. The van der Waals surface area contributed by atoms with Crippen molar-refractivity contribution < 1.29 is 9.13 Å². The van der Waals surface area contributed by atoms with E-state index in [-0.39, 0.29) is 12.4 Å². The molecule has 0 spiro atoms. The van der Waals surface area contributed by atoms with Gasteiger partial charge in [0.15, 0.2) is 0 Å². The number of ether oxygens (including phenoxy) is 1. The first-order valence-corrected chi connectivity index (χ1v) is 6.35. The van der Waals surface area contributed by atoms with Crippen LogP contribution in [0.2, 0.25) is 5.02 Å². The van der Waals surface area contributed by atoms with Crippen LogP contribution in [-0.4, -0.2) is 0 Å². The van der Waals surface area contributed by atoms with Gasteiger partial charge in [0.2, 0.25) is 0 Å². The largest absolute Gasteiger partial charge is 0.487 e. The van der Waals surface area contributed by atoms with Crippen LogP contribution in [0.4, 0.5) is 10.1 Å². The third-order valence-electron chi connectivity index (χ3n) is 2.42. The number of rotatable bonds is 3. The predicted octanol–water partition coefficient (Wildman–Crippen LogP) is 4.40. The highest BCUT2D eigenvalue weighted by Gasteiger charge is 2.08. The highest BCUT2D eigenvalue weighted by atomic mass is 79.9. The van der Waals surface area contributed by atoms with E-state index in [0.29, 0.717) is 22.0 Å². The van der Waals surface area contributed by atoms with Gasteiger partial charge in [-0.25, -0.2) is 4.39 Å². The lowest BCUT2D eigenvalue weighted by Gasteiger charge is -2.11. The van der Waals surface area contributed by atoms with E-state index >= 15 is 0 Å². The topological polar surface area (TPSA) is 35.2 Å². The Balaban J connectivity index is 2.19. The maximum absolute atomic E-state index is 13.5. The summed E-state index contributed by atoms with van der Waals surface area (Å²) in [5, 5.41) is 0.466. The molecule has 0 radical (unpaired) electrons. The zero-order valence-corrected chi connectivity index (χ0v) is 11.6. The van der Waals surface area contributed by atoms with E-state index in [2.05, 4.69) is 15.9 Å². The van der Waals surface area contributed by atoms with Gasteiger partial charge in [0.1, 0.15) is 18.2 Å². The number of nitrogen functional groups attached to an aromatic ring is 1. The number of benzene rings is 2. The van der Waals surface area contributed by atoms with Crippen molar-refractivity contribution in [2.75, 3.05) is 5.73 Å². The van der Waals surface area contributed by atoms with Crippen molar-refractivity contribution in [2.24, 2.45) is 0 Å². The van der Waals surface area contributed by atoms with Gasteiger partial charge in [-0.2, -0.15) is 0 Å². The van der Waals surface area contributed by atoms with Crippen molar-refractivity contribution in [3.8, 4) is 5.75 Å². The third-order valence-corrected chi connectivity index (χ3v) is 3.23. The molecule has 2 nitrogen and oxygen atoms in total. The van der Waals surface area contributed by atoms with Crippen LogP contribution < -0.4 is 10.5 Å². The standard InChI is InChI=1S/C13H10BrClFNO/c14-8-4-5-10(15)13(6-8)18-7-9-11(16)2-1-3-12(9)17/h1-6H,7,17H2. The molecule has 0 aliphatic rings. The highest BCUT2D eigenvalue weighted by molar-refractivity contribution is 9.10. The SMILES string of the molecule is Nc1cccc(F)c1COc1cc(Br)ccc1Cl. The van der Waals surface area contributed by atoms with Crippen LogP contribution in [0.3, 0.4) is 0 Å². The van der Waals surface area contributed by atoms with Crippen LogP contribution >= 0.6 is 27.5 Å². The summed E-state index contributed by atoms with van der Waals surface area (Å²) in [4.78, 5) is 0. The number of hydrogen-bond donors (Lipinski definition) is 1. The maximum atomic E-state index is 13.5. The predicted molar refractivity (Wildman–Crippen MR) is 74.3 cm³/mol. The fraction of sp³-hybridized carbons (Fsp3) is 0.0769. The molecule has 2 N–H and O–H groups in total. The van der Waals surface area contributed by atoms with Gasteiger partial charge in [-0.15, -0.1) is 0 Å². The quantitative estimate of drug-likeness (QED) is 0.846. The molecule has 94 valence electrons. The van der Waals surface area contributed by atoms with E-state index in [9.17, 15) is 4.39 Å². The maximum Gasteiger partial charge on any atom is 0.139 e. The summed E-state index contributed by atoms with van der Waals surface area (Å²) < 4.78 is 19.9. The molecule has 0 aliphatic carbocycles. The van der Waals surface area contributed by atoms with Crippen LogP contribution in [0, 0.1) is 5.82 Å². The summed E-state index contributed by atoms with van der Waals surface area (Å²) in [5.74, 6) is 0.0924. The highest BCUT2D eigenvalue weighted by Crippen LogP contribution is 2.29. The third kappa shape index (κ3) is 2.94. The average Bonchev–Trinajstić information content (AvgIpc) is 2.33. The summed E-state index contributed by atoms with van der Waals surface area (Å²) >= 11 is 9.29. The molecule has 0 bridgehead atoms. The van der Waals surface area contributed by atoms with Gasteiger partial charge in [0.25, 0.3) is 0 Å². The van der Waals surface area contributed by atoms with Gasteiger partial charge >= 0.3 is 0 Å². The van der Waals surface area contributed by atoms with Crippen LogP contribution in [0.15, 0.2) is 40.9 Å². The Morgan fingerprint density at radius 2 is 2.06 bits per heavy atom. The first kappa shape index (κ1) is 13.2. The number of halogens is 3. The Hall–Kier alpha value is -1.26. The zero-order valence-electron chi connectivity index (χ0n) is 9.29. The summed E-state index contributed by atoms with van der Waals surface area (Å²) in [6.45, 7) is 0.0364. The van der Waals surface area contributed by atoms with Crippen LogP contribution in [0.5, 0.6) is 5.75 Å². The monoisotopic (exact) mass is 329 g/mol. The second-order valence-electron chi connectivity index (χ2n) is 3.67. The van der Waals surface area contributed by atoms with Crippen LogP contribution in [0.1, 0.15) is 5.56 Å². The van der Waals surface area contributed by atoms with Crippen molar-refractivity contribution in [1.29, 1.82) is 0 Å². The van der Waals surface area contributed by atoms with Crippen LogP contribution in [0.25, 0.3) is 0 Å². The molecule has 0 heterocycles. The molecular weight excluding hydrogens is 321 g/mol. The molecule has 0 aliphatic heterocycles. The lowest BCUT2D eigenvalue weighted by atomic mass is 10.2. The normalized spacial score (nSPS) is 10.4. The molecule has 0 aromatic heterocycles. The molecule has 0 atom stereocenters. The lowest BCUT2D eigenvalue weighted by molar-refractivity contribution is 0.300. The second kappa shape index (κ2) is 5.59. The molecule has 0 amide bonds. The van der Waals surface area contributed by atoms with E-state index in [1.54, 1.807) is 30.3 Å². The summed E-state index contributed by atoms with van der Waals surface area (Å²) in [6, 6.07) is 9.75. The fourth-order valence-electron chi connectivity index (χ4n) is 1.47. The zero-order chi connectivity index (χ0) is 13.1. The first-order valence-electron chi connectivity index (χ1n) is 5.18. The van der Waals surface area contributed by atoms with E-state index in [0.717, 1.165) is 4.47 Å². The minimum atomic E-state index is -0.388. The Labute approximate surface area is 118 Å². The molecule has 0 fully saturated rings. The summed E-state index contributed by atoms with van der Waals surface area (Å²) in [7, 11) is 0. The van der Waals surface area contributed by atoms with Crippen molar-refractivity contribution in [3.05, 3.63) is 57.3 Å². The van der Waals surface area contributed by atoms with Crippen molar-refractivity contribution in [1.82, 2.24) is 0 Å². The van der Waals surface area contributed by atoms with Gasteiger partial charge in [-0.1, -0.05) is 33.6 Å². The van der Waals surface area contributed by atoms with Gasteiger partial charge < -0.3 is 10.5 Å². The summed E-state index contributed by atoms with van der Waals surface area (Å²) in [5.41, 5.74) is 6.38. The van der Waals surface area contributed by atoms with E-state index in [1.807, 2.05) is 0 Å². The number of hydrogen-bond acceptors (Lipinski definition) is 2. The van der Waals surface area contributed by atoms with Gasteiger partial charge in [-0.3, -0.25) is 0 Å². The van der Waals surface area contributed by atoms with E-state index < -0.39 is 0 Å². The van der Waals surface area contributed by atoms with Gasteiger partial charge in [0.05, 0.1) is 5.02 Å². The fourth-order valence-corrected chi connectivity index (χ4v) is 1.98. The Morgan fingerprint density at radius 1 is 1.28 bits per heavy atom. The number of nitrogens with two attached hydrogens (primary N) is 1. The smallest absolute Gasteiger partial charge is 0.139 e. The number of anilines is 1. The summed E-state index contributed by atoms with van der Waals surface area (Å²) in [6.07, 6.45) is 0. The minimum Gasteiger partial charge on any atom is -0.487 e. The Morgan fingerprint density at radius 3 is 2.78 bits per heavy atom. The van der Waals surface area contributed by atoms with E-state index in [4.69, 9.17) is 22.1 Å². The van der Waals surface area contributed by atoms with Crippen molar-refractivity contribution in [3.63, 3.8) is 0 Å². The van der Waals surface area contributed by atoms with Crippen molar-refractivity contribution >= 4 is 33.2 Å². The van der Waals surface area contributed by atoms with Crippen molar-refractivity contribution in [2.45, 2.75) is 6.61 Å².